The number of aryl methyl sites for hydroxylation is 1. The highest BCUT2D eigenvalue weighted by atomic mass is 35.5. The number of rotatable bonds is 2. The Kier molecular flexibility index (Phi) is 4.11. The summed E-state index contributed by atoms with van der Waals surface area (Å²) in [6.45, 7) is 0. The number of benzene rings is 2. The molecule has 3 rings (SSSR count). The van der Waals surface area contributed by atoms with Crippen molar-refractivity contribution in [2.75, 3.05) is 0 Å². The molecule has 1 amide bonds. The first kappa shape index (κ1) is 14.6. The molecule has 0 fully saturated rings. The number of guanidine groups is 1. The number of halogens is 1. The number of nitrogens with zero attached hydrogens (tertiary/aromatic N) is 1. The summed E-state index contributed by atoms with van der Waals surface area (Å²) >= 11 is 5.80. The van der Waals surface area contributed by atoms with Crippen molar-refractivity contribution in [3.8, 4) is 0 Å². The second-order valence-corrected chi connectivity index (χ2v) is 5.67. The van der Waals surface area contributed by atoms with Crippen molar-refractivity contribution >= 4 is 23.5 Å². The molecule has 0 radical (unpaired) electrons. The van der Waals surface area contributed by atoms with E-state index in [2.05, 4.69) is 22.4 Å². The van der Waals surface area contributed by atoms with Gasteiger partial charge in [-0.05, 0) is 48.2 Å². The Bertz CT molecular complexity index is 725. The second-order valence-electron chi connectivity index (χ2n) is 5.23. The van der Waals surface area contributed by atoms with Crippen molar-refractivity contribution in [1.29, 1.82) is 0 Å². The molecular weight excluding hydrogens is 298 g/mol. The summed E-state index contributed by atoms with van der Waals surface area (Å²) in [5.41, 5.74) is 8.85. The van der Waals surface area contributed by atoms with E-state index >= 15 is 0 Å². The third kappa shape index (κ3) is 3.12. The molecule has 0 bridgehead atoms. The lowest BCUT2D eigenvalue weighted by molar-refractivity contribution is 0.0976. The maximum atomic E-state index is 12.1. The van der Waals surface area contributed by atoms with Gasteiger partial charge in [0.1, 0.15) is 0 Å². The van der Waals surface area contributed by atoms with Crippen molar-refractivity contribution in [2.45, 2.75) is 18.9 Å². The maximum absolute atomic E-state index is 12.1. The van der Waals surface area contributed by atoms with Crippen LogP contribution in [0.2, 0.25) is 5.02 Å². The highest BCUT2D eigenvalue weighted by molar-refractivity contribution is 6.30. The first-order valence-corrected chi connectivity index (χ1v) is 7.49. The summed E-state index contributed by atoms with van der Waals surface area (Å²) in [6.07, 6.45) is 1.90. The number of nitrogens with one attached hydrogen (secondary N) is 1. The molecule has 2 aromatic rings. The fraction of sp³-hybridized carbons (Fsp3) is 0.176. The summed E-state index contributed by atoms with van der Waals surface area (Å²) in [7, 11) is 0. The van der Waals surface area contributed by atoms with Crippen LogP contribution in [-0.4, -0.2) is 11.9 Å². The highest BCUT2D eigenvalue weighted by Gasteiger charge is 2.21. The van der Waals surface area contributed by atoms with Gasteiger partial charge >= 0.3 is 0 Å². The van der Waals surface area contributed by atoms with Gasteiger partial charge < -0.3 is 5.73 Å². The zero-order valence-electron chi connectivity index (χ0n) is 11.9. The summed E-state index contributed by atoms with van der Waals surface area (Å²) in [6, 6.07) is 14.8. The molecule has 0 saturated heterocycles. The lowest BCUT2D eigenvalue weighted by Crippen LogP contribution is -2.37. The fourth-order valence-electron chi connectivity index (χ4n) is 2.66. The average molecular weight is 314 g/mol. The molecule has 112 valence electrons. The van der Waals surface area contributed by atoms with E-state index in [4.69, 9.17) is 17.3 Å². The predicted octanol–water partition coefficient (Wildman–Crippen LogP) is 3.07. The molecule has 1 atom stereocenters. The summed E-state index contributed by atoms with van der Waals surface area (Å²) < 4.78 is 0. The molecule has 5 heteroatoms. The van der Waals surface area contributed by atoms with Gasteiger partial charge in [0, 0.05) is 10.6 Å². The lowest BCUT2D eigenvalue weighted by Gasteiger charge is -2.09. The highest BCUT2D eigenvalue weighted by Crippen LogP contribution is 2.33. The minimum Gasteiger partial charge on any atom is -0.370 e. The Balaban J connectivity index is 1.71. The Morgan fingerprint density at radius 3 is 2.68 bits per heavy atom. The van der Waals surface area contributed by atoms with E-state index in [-0.39, 0.29) is 17.9 Å². The second kappa shape index (κ2) is 6.20. The maximum Gasteiger partial charge on any atom is 0.257 e. The quantitative estimate of drug-likeness (QED) is 0.661. The van der Waals surface area contributed by atoms with E-state index < -0.39 is 0 Å². The minimum absolute atomic E-state index is 0.0155. The van der Waals surface area contributed by atoms with Crippen molar-refractivity contribution < 1.29 is 4.79 Å². The van der Waals surface area contributed by atoms with Gasteiger partial charge in [0.15, 0.2) is 5.96 Å². The first-order chi connectivity index (χ1) is 10.6. The lowest BCUT2D eigenvalue weighted by atomic mass is 10.1. The molecule has 1 unspecified atom stereocenters. The Labute approximate surface area is 134 Å². The van der Waals surface area contributed by atoms with Gasteiger partial charge in [-0.25, -0.2) is 4.99 Å². The number of nitrogens with two attached hydrogens (primary N) is 1. The van der Waals surface area contributed by atoms with Crippen LogP contribution in [0.1, 0.15) is 33.9 Å². The van der Waals surface area contributed by atoms with Crippen molar-refractivity contribution in [3.05, 3.63) is 70.2 Å². The normalized spacial score (nSPS) is 17.1. The summed E-state index contributed by atoms with van der Waals surface area (Å²) in [4.78, 5) is 16.5. The zero-order valence-corrected chi connectivity index (χ0v) is 12.7. The topological polar surface area (TPSA) is 67.5 Å². The van der Waals surface area contributed by atoms with Gasteiger partial charge in [0.05, 0.1) is 6.04 Å². The van der Waals surface area contributed by atoms with Gasteiger partial charge in [-0.2, -0.15) is 0 Å². The SMILES string of the molecule is NC(=NC1CCc2ccccc21)NC(=O)c1ccc(Cl)cc1. The average Bonchev–Trinajstić information content (AvgIpc) is 2.91. The summed E-state index contributed by atoms with van der Waals surface area (Å²) in [5, 5.41) is 3.20. The molecule has 0 aromatic heterocycles. The number of carbonyl (C=O) groups is 1. The van der Waals surface area contributed by atoms with Crippen LogP contribution in [0, 0.1) is 0 Å². The van der Waals surface area contributed by atoms with Crippen LogP contribution >= 0.6 is 11.6 Å². The van der Waals surface area contributed by atoms with Gasteiger partial charge in [-0.1, -0.05) is 35.9 Å². The van der Waals surface area contributed by atoms with E-state index in [1.807, 2.05) is 12.1 Å². The van der Waals surface area contributed by atoms with E-state index in [0.717, 1.165) is 12.8 Å². The molecule has 22 heavy (non-hydrogen) atoms. The van der Waals surface area contributed by atoms with Crippen LogP contribution < -0.4 is 11.1 Å². The standard InChI is InChI=1S/C17H16ClN3O/c18-13-8-5-12(6-9-13)16(22)21-17(19)20-15-10-7-11-3-1-2-4-14(11)15/h1-6,8-9,15H,7,10H2,(H3,19,20,21,22). The van der Waals surface area contributed by atoms with Gasteiger partial charge in [-0.3, -0.25) is 10.1 Å². The van der Waals surface area contributed by atoms with E-state index in [9.17, 15) is 4.79 Å². The van der Waals surface area contributed by atoms with E-state index in [1.54, 1.807) is 24.3 Å². The van der Waals surface area contributed by atoms with Crippen LogP contribution in [0.3, 0.4) is 0 Å². The van der Waals surface area contributed by atoms with Crippen molar-refractivity contribution in [3.63, 3.8) is 0 Å². The van der Waals surface area contributed by atoms with Crippen LogP contribution in [0.25, 0.3) is 0 Å². The number of amides is 1. The van der Waals surface area contributed by atoms with Crippen molar-refractivity contribution in [2.24, 2.45) is 10.7 Å². The molecular formula is C17H16ClN3O. The number of carbonyl (C=O) groups excluding carboxylic acids is 1. The molecule has 0 heterocycles. The molecule has 1 aliphatic carbocycles. The van der Waals surface area contributed by atoms with E-state index in [0.29, 0.717) is 10.6 Å². The molecule has 3 N–H and O–H groups in total. The molecule has 0 saturated carbocycles. The van der Waals surface area contributed by atoms with Crippen molar-refractivity contribution in [1.82, 2.24) is 5.32 Å². The fourth-order valence-corrected chi connectivity index (χ4v) is 2.78. The van der Waals surface area contributed by atoms with Crippen LogP contribution in [0.15, 0.2) is 53.5 Å². The minimum atomic E-state index is -0.288. The predicted molar refractivity (Wildman–Crippen MR) is 88.0 cm³/mol. The molecule has 4 nitrogen and oxygen atoms in total. The third-order valence-electron chi connectivity index (χ3n) is 3.74. The smallest absolute Gasteiger partial charge is 0.257 e. The molecule has 0 aliphatic heterocycles. The monoisotopic (exact) mass is 313 g/mol. The molecule has 1 aliphatic rings. The molecule has 2 aromatic carbocycles. The number of fused-ring (bicyclic) bond motifs is 1. The third-order valence-corrected chi connectivity index (χ3v) is 4.00. The van der Waals surface area contributed by atoms with Crippen LogP contribution in [0.5, 0.6) is 0 Å². The Morgan fingerprint density at radius 2 is 1.91 bits per heavy atom. The van der Waals surface area contributed by atoms with E-state index in [1.165, 1.54) is 11.1 Å². The van der Waals surface area contributed by atoms with Gasteiger partial charge in [0.2, 0.25) is 0 Å². The number of hydrogen-bond acceptors (Lipinski definition) is 2. The van der Waals surface area contributed by atoms with Crippen LogP contribution in [0.4, 0.5) is 0 Å². The zero-order chi connectivity index (χ0) is 15.5. The Hall–Kier alpha value is -2.33. The number of aliphatic imine (C=N–C) groups is 1. The largest absolute Gasteiger partial charge is 0.370 e. The Morgan fingerprint density at radius 1 is 1.18 bits per heavy atom. The number of hydrogen-bond donors (Lipinski definition) is 2. The molecule has 0 spiro atoms. The van der Waals surface area contributed by atoms with Gasteiger partial charge in [0.25, 0.3) is 5.91 Å². The van der Waals surface area contributed by atoms with Crippen LogP contribution in [-0.2, 0) is 6.42 Å². The van der Waals surface area contributed by atoms with Gasteiger partial charge in [-0.15, -0.1) is 0 Å². The first-order valence-electron chi connectivity index (χ1n) is 7.11. The summed E-state index contributed by atoms with van der Waals surface area (Å²) in [5.74, 6) is -0.147.